The standard InChI is InChI=1S/C19H17BrN2O3/c20-15-8-3-1-6-13(15)12-25-18(23)11-5-10-17-21-16-9-4-2-7-14(16)19(24)22-17/h1-4,6-9H,5,10-12H2,(H,21,22,24). The van der Waals surface area contributed by atoms with Gasteiger partial charge in [0, 0.05) is 22.9 Å². The average molecular weight is 401 g/mol. The van der Waals surface area contributed by atoms with Crippen LogP contribution in [-0.2, 0) is 22.6 Å². The highest BCUT2D eigenvalue weighted by Crippen LogP contribution is 2.17. The van der Waals surface area contributed by atoms with Gasteiger partial charge in [0.05, 0.1) is 10.9 Å². The summed E-state index contributed by atoms with van der Waals surface area (Å²) >= 11 is 3.42. The van der Waals surface area contributed by atoms with Crippen LogP contribution in [0, 0.1) is 0 Å². The zero-order valence-electron chi connectivity index (χ0n) is 13.5. The van der Waals surface area contributed by atoms with Crippen molar-refractivity contribution >= 4 is 32.8 Å². The van der Waals surface area contributed by atoms with Crippen molar-refractivity contribution in [3.05, 3.63) is 74.7 Å². The number of nitrogens with zero attached hydrogens (tertiary/aromatic N) is 1. The van der Waals surface area contributed by atoms with Crippen LogP contribution in [0.4, 0.5) is 0 Å². The van der Waals surface area contributed by atoms with E-state index in [9.17, 15) is 9.59 Å². The van der Waals surface area contributed by atoms with Gasteiger partial charge in [0.15, 0.2) is 0 Å². The van der Waals surface area contributed by atoms with Crippen molar-refractivity contribution in [1.29, 1.82) is 0 Å². The summed E-state index contributed by atoms with van der Waals surface area (Å²) in [5, 5.41) is 0.569. The van der Waals surface area contributed by atoms with Crippen molar-refractivity contribution < 1.29 is 9.53 Å². The van der Waals surface area contributed by atoms with Gasteiger partial charge in [-0.25, -0.2) is 4.98 Å². The Morgan fingerprint density at radius 1 is 1.12 bits per heavy atom. The molecule has 6 heteroatoms. The molecule has 0 aliphatic carbocycles. The van der Waals surface area contributed by atoms with Gasteiger partial charge in [-0.05, 0) is 24.6 Å². The van der Waals surface area contributed by atoms with E-state index in [0.717, 1.165) is 10.0 Å². The van der Waals surface area contributed by atoms with E-state index < -0.39 is 0 Å². The van der Waals surface area contributed by atoms with E-state index in [1.54, 1.807) is 18.2 Å². The number of carbonyl (C=O) groups excluding carboxylic acids is 1. The largest absolute Gasteiger partial charge is 0.461 e. The van der Waals surface area contributed by atoms with Gasteiger partial charge in [-0.1, -0.05) is 46.3 Å². The van der Waals surface area contributed by atoms with E-state index in [-0.39, 0.29) is 24.6 Å². The maximum atomic E-state index is 12.0. The smallest absolute Gasteiger partial charge is 0.306 e. The third-order valence-electron chi connectivity index (χ3n) is 3.80. The maximum absolute atomic E-state index is 12.0. The summed E-state index contributed by atoms with van der Waals surface area (Å²) in [7, 11) is 0. The quantitative estimate of drug-likeness (QED) is 0.639. The lowest BCUT2D eigenvalue weighted by Crippen LogP contribution is -2.12. The first-order valence-electron chi connectivity index (χ1n) is 8.00. The molecule has 5 nitrogen and oxygen atoms in total. The molecule has 25 heavy (non-hydrogen) atoms. The van der Waals surface area contributed by atoms with Gasteiger partial charge in [0.1, 0.15) is 12.4 Å². The number of nitrogens with one attached hydrogen (secondary N) is 1. The topological polar surface area (TPSA) is 72.0 Å². The van der Waals surface area contributed by atoms with Crippen LogP contribution >= 0.6 is 15.9 Å². The predicted molar refractivity (Wildman–Crippen MR) is 99.2 cm³/mol. The van der Waals surface area contributed by atoms with E-state index in [4.69, 9.17) is 4.74 Å². The molecule has 0 unspecified atom stereocenters. The van der Waals surface area contributed by atoms with Crippen molar-refractivity contribution in [1.82, 2.24) is 9.97 Å². The second-order valence-electron chi connectivity index (χ2n) is 5.64. The molecule has 0 saturated heterocycles. The van der Waals surface area contributed by atoms with E-state index >= 15 is 0 Å². The number of benzene rings is 2. The fourth-order valence-corrected chi connectivity index (χ4v) is 2.90. The second kappa shape index (κ2) is 8.07. The van der Waals surface area contributed by atoms with E-state index in [1.807, 2.05) is 30.3 Å². The molecule has 1 N–H and O–H groups in total. The molecular formula is C19H17BrN2O3. The lowest BCUT2D eigenvalue weighted by molar-refractivity contribution is -0.145. The summed E-state index contributed by atoms with van der Waals surface area (Å²) in [6.07, 6.45) is 1.36. The number of para-hydroxylation sites is 1. The Bertz CT molecular complexity index is 953. The van der Waals surface area contributed by atoms with Crippen LogP contribution in [0.5, 0.6) is 0 Å². The summed E-state index contributed by atoms with van der Waals surface area (Å²) in [6.45, 7) is 0.241. The number of H-pyrrole nitrogens is 1. The first-order chi connectivity index (χ1) is 12.1. The van der Waals surface area contributed by atoms with Crippen LogP contribution < -0.4 is 5.56 Å². The number of aromatic nitrogens is 2. The molecule has 3 rings (SSSR count). The summed E-state index contributed by atoms with van der Waals surface area (Å²) in [4.78, 5) is 31.1. The number of fused-ring (bicyclic) bond motifs is 1. The highest BCUT2D eigenvalue weighted by Gasteiger charge is 2.07. The zero-order valence-corrected chi connectivity index (χ0v) is 15.1. The van der Waals surface area contributed by atoms with E-state index in [2.05, 4.69) is 25.9 Å². The van der Waals surface area contributed by atoms with Crippen LogP contribution in [0.2, 0.25) is 0 Å². The molecule has 0 atom stereocenters. The normalized spacial score (nSPS) is 10.8. The van der Waals surface area contributed by atoms with Crippen molar-refractivity contribution in [2.24, 2.45) is 0 Å². The van der Waals surface area contributed by atoms with Gasteiger partial charge in [-0.15, -0.1) is 0 Å². The number of aryl methyl sites for hydroxylation is 1. The van der Waals surface area contributed by atoms with Crippen molar-refractivity contribution in [2.75, 3.05) is 0 Å². The van der Waals surface area contributed by atoms with Gasteiger partial charge >= 0.3 is 5.97 Å². The molecule has 1 heterocycles. The Labute approximate surface area is 153 Å². The van der Waals surface area contributed by atoms with Crippen molar-refractivity contribution in [2.45, 2.75) is 25.9 Å². The lowest BCUT2D eigenvalue weighted by Gasteiger charge is -2.07. The molecule has 128 valence electrons. The van der Waals surface area contributed by atoms with Crippen molar-refractivity contribution in [3.63, 3.8) is 0 Å². The Morgan fingerprint density at radius 2 is 1.88 bits per heavy atom. The number of rotatable bonds is 6. The number of ether oxygens (including phenoxy) is 1. The molecular weight excluding hydrogens is 384 g/mol. The molecule has 3 aromatic rings. The maximum Gasteiger partial charge on any atom is 0.306 e. The lowest BCUT2D eigenvalue weighted by atomic mass is 10.2. The Kier molecular flexibility index (Phi) is 5.60. The molecule has 0 radical (unpaired) electrons. The third-order valence-corrected chi connectivity index (χ3v) is 4.58. The summed E-state index contributed by atoms with van der Waals surface area (Å²) in [6, 6.07) is 14.8. The minimum Gasteiger partial charge on any atom is -0.461 e. The van der Waals surface area contributed by atoms with Gasteiger partial charge < -0.3 is 9.72 Å². The number of carbonyl (C=O) groups is 1. The molecule has 0 aliphatic rings. The molecule has 0 amide bonds. The molecule has 2 aromatic carbocycles. The first kappa shape index (κ1) is 17.4. The Balaban J connectivity index is 1.52. The van der Waals surface area contributed by atoms with Gasteiger partial charge in [0.25, 0.3) is 5.56 Å². The number of hydrogen-bond acceptors (Lipinski definition) is 4. The summed E-state index contributed by atoms with van der Waals surface area (Å²) < 4.78 is 6.20. The molecule has 0 fully saturated rings. The number of hydrogen-bond donors (Lipinski definition) is 1. The fraction of sp³-hybridized carbons (Fsp3) is 0.211. The third kappa shape index (κ3) is 4.54. The highest BCUT2D eigenvalue weighted by atomic mass is 79.9. The van der Waals surface area contributed by atoms with Crippen molar-refractivity contribution in [3.8, 4) is 0 Å². The predicted octanol–water partition coefficient (Wildman–Crippen LogP) is 3.75. The van der Waals surface area contributed by atoms with Gasteiger partial charge in [0.2, 0.25) is 0 Å². The Hall–Kier alpha value is -2.47. The molecule has 0 aliphatic heterocycles. The van der Waals surface area contributed by atoms with Gasteiger partial charge in [-0.2, -0.15) is 0 Å². The average Bonchev–Trinajstić information content (AvgIpc) is 2.61. The minimum atomic E-state index is -0.265. The zero-order chi connectivity index (χ0) is 17.6. The Morgan fingerprint density at radius 3 is 2.72 bits per heavy atom. The van der Waals surface area contributed by atoms with E-state index in [0.29, 0.717) is 29.6 Å². The van der Waals surface area contributed by atoms with Crippen LogP contribution in [0.25, 0.3) is 10.9 Å². The molecule has 0 spiro atoms. The van der Waals surface area contributed by atoms with Gasteiger partial charge in [-0.3, -0.25) is 9.59 Å². The number of esters is 1. The minimum absolute atomic E-state index is 0.155. The van der Waals surface area contributed by atoms with Crippen LogP contribution in [0.1, 0.15) is 24.2 Å². The fourth-order valence-electron chi connectivity index (χ4n) is 2.50. The van der Waals surface area contributed by atoms with Crippen LogP contribution in [0.15, 0.2) is 57.8 Å². The summed E-state index contributed by atoms with van der Waals surface area (Å²) in [5.74, 6) is 0.321. The number of aromatic amines is 1. The molecule has 0 saturated carbocycles. The van der Waals surface area contributed by atoms with Crippen LogP contribution in [0.3, 0.4) is 0 Å². The van der Waals surface area contributed by atoms with Crippen LogP contribution in [-0.4, -0.2) is 15.9 Å². The first-order valence-corrected chi connectivity index (χ1v) is 8.80. The monoisotopic (exact) mass is 400 g/mol. The molecule has 1 aromatic heterocycles. The number of halogens is 1. The molecule has 0 bridgehead atoms. The highest BCUT2D eigenvalue weighted by molar-refractivity contribution is 9.10. The second-order valence-corrected chi connectivity index (χ2v) is 6.49. The van der Waals surface area contributed by atoms with E-state index in [1.165, 1.54) is 0 Å². The summed E-state index contributed by atoms with van der Waals surface area (Å²) in [5.41, 5.74) is 1.44. The SMILES string of the molecule is O=C(CCCc1nc2ccccc2c(=O)[nH]1)OCc1ccccc1Br.